The first-order chi connectivity index (χ1) is 11.3. The highest BCUT2D eigenvalue weighted by atomic mass is 19.1. The number of carbonyl (C=O) groups excluding carboxylic acids is 1. The van der Waals surface area contributed by atoms with Gasteiger partial charge in [-0.15, -0.1) is 0 Å². The van der Waals surface area contributed by atoms with Crippen molar-refractivity contribution >= 4 is 11.7 Å². The quantitative estimate of drug-likeness (QED) is 0.888. The molecule has 1 fully saturated rings. The second-order valence-electron chi connectivity index (χ2n) is 6.80. The van der Waals surface area contributed by atoms with Gasteiger partial charge in [-0.3, -0.25) is 0 Å². The Morgan fingerprint density at radius 2 is 1.96 bits per heavy atom. The largest absolute Gasteiger partial charge is 0.393 e. The zero-order chi connectivity index (χ0) is 17.9. The lowest BCUT2D eigenvalue weighted by molar-refractivity contribution is 0.145. The van der Waals surface area contributed by atoms with Gasteiger partial charge in [-0.25, -0.2) is 9.18 Å². The number of benzene rings is 1. The molecule has 5 nitrogen and oxygen atoms in total. The van der Waals surface area contributed by atoms with Gasteiger partial charge in [-0.2, -0.15) is 0 Å². The van der Waals surface area contributed by atoms with Crippen molar-refractivity contribution in [2.75, 3.05) is 25.0 Å². The normalized spacial score (nSPS) is 17.0. The van der Waals surface area contributed by atoms with Crippen LogP contribution in [0.4, 0.5) is 14.9 Å². The molecule has 1 aliphatic heterocycles. The third-order valence-electron chi connectivity index (χ3n) is 4.70. The molecule has 1 aromatic carbocycles. The second kappa shape index (κ2) is 7.83. The molecule has 1 aliphatic rings. The Morgan fingerprint density at radius 3 is 2.54 bits per heavy atom. The van der Waals surface area contributed by atoms with Crippen LogP contribution in [0.3, 0.4) is 0 Å². The molecule has 1 atom stereocenters. The van der Waals surface area contributed by atoms with E-state index in [1.54, 1.807) is 18.0 Å². The number of rotatable bonds is 4. The van der Waals surface area contributed by atoms with Crippen LogP contribution in [0, 0.1) is 5.82 Å². The fourth-order valence-electron chi connectivity index (χ4n) is 2.87. The second-order valence-corrected chi connectivity index (χ2v) is 6.80. The molecule has 2 N–H and O–H groups in total. The van der Waals surface area contributed by atoms with Crippen molar-refractivity contribution in [3.63, 3.8) is 0 Å². The minimum Gasteiger partial charge on any atom is -0.393 e. The summed E-state index contributed by atoms with van der Waals surface area (Å²) in [6.07, 6.45) is 1.14. The zero-order valence-electron chi connectivity index (χ0n) is 14.9. The molecule has 0 saturated carbocycles. The summed E-state index contributed by atoms with van der Waals surface area (Å²) >= 11 is 0. The number of anilines is 1. The molecular weight excluding hydrogens is 309 g/mol. The fourth-order valence-corrected chi connectivity index (χ4v) is 2.87. The summed E-state index contributed by atoms with van der Waals surface area (Å²) in [4.78, 5) is 16.0. The van der Waals surface area contributed by atoms with Crippen LogP contribution >= 0.6 is 0 Å². The molecule has 2 amide bonds. The average molecular weight is 337 g/mol. The minimum atomic E-state index is -0.316. The maximum absolute atomic E-state index is 13.8. The van der Waals surface area contributed by atoms with Gasteiger partial charge in [-0.1, -0.05) is 0 Å². The van der Waals surface area contributed by atoms with Crippen LogP contribution in [0.15, 0.2) is 18.2 Å². The lowest BCUT2D eigenvalue weighted by atomic mass is 10.0. The maximum atomic E-state index is 13.8. The highest BCUT2D eigenvalue weighted by Crippen LogP contribution is 2.29. The van der Waals surface area contributed by atoms with E-state index in [0.717, 1.165) is 24.3 Å². The summed E-state index contributed by atoms with van der Waals surface area (Å²) in [5.41, 5.74) is 1.68. The lowest BCUT2D eigenvalue weighted by Gasteiger charge is -2.34. The minimum absolute atomic E-state index is 0.0905. The summed E-state index contributed by atoms with van der Waals surface area (Å²) in [6, 6.07) is 4.29. The first-order valence-electron chi connectivity index (χ1n) is 8.55. The van der Waals surface area contributed by atoms with E-state index in [1.807, 2.05) is 20.8 Å². The number of hydrogen-bond donors (Lipinski definition) is 2. The number of aliphatic hydroxyl groups is 1. The monoisotopic (exact) mass is 337 g/mol. The van der Waals surface area contributed by atoms with Gasteiger partial charge in [0.25, 0.3) is 0 Å². The average Bonchev–Trinajstić information content (AvgIpc) is 2.54. The van der Waals surface area contributed by atoms with Gasteiger partial charge < -0.3 is 20.2 Å². The van der Waals surface area contributed by atoms with Crippen LogP contribution < -0.4 is 10.2 Å². The first kappa shape index (κ1) is 18.5. The predicted molar refractivity (Wildman–Crippen MR) is 93.7 cm³/mol. The molecule has 0 spiro atoms. The number of aliphatic hydroxyl groups excluding tert-OH is 1. The summed E-state index contributed by atoms with van der Waals surface area (Å²) in [6.45, 7) is 7.20. The Labute approximate surface area is 143 Å². The number of piperidine rings is 1. The predicted octanol–water partition coefficient (Wildman–Crippen LogP) is 2.90. The Balaban J connectivity index is 2.19. The van der Waals surface area contributed by atoms with Crippen LogP contribution in [-0.4, -0.2) is 48.3 Å². The van der Waals surface area contributed by atoms with Crippen molar-refractivity contribution in [2.45, 2.75) is 51.8 Å². The van der Waals surface area contributed by atoms with Gasteiger partial charge in [0.05, 0.1) is 12.1 Å². The van der Waals surface area contributed by atoms with E-state index < -0.39 is 0 Å². The zero-order valence-corrected chi connectivity index (χ0v) is 14.9. The van der Waals surface area contributed by atoms with Crippen molar-refractivity contribution in [3.8, 4) is 0 Å². The summed E-state index contributed by atoms with van der Waals surface area (Å²) in [5, 5.41) is 12.6. The molecule has 0 aliphatic carbocycles. The number of nitrogens with zero attached hydrogens (tertiary/aromatic N) is 2. The number of hydrogen-bond acceptors (Lipinski definition) is 3. The van der Waals surface area contributed by atoms with Gasteiger partial charge in [0, 0.05) is 37.4 Å². The molecule has 6 heteroatoms. The summed E-state index contributed by atoms with van der Waals surface area (Å²) in [7, 11) is 1.74. The number of urea groups is 1. The first-order valence-corrected chi connectivity index (χ1v) is 8.55. The van der Waals surface area contributed by atoms with Gasteiger partial charge >= 0.3 is 6.03 Å². The van der Waals surface area contributed by atoms with Gasteiger partial charge in [0.15, 0.2) is 0 Å². The molecule has 0 aromatic heterocycles. The van der Waals surface area contributed by atoms with Crippen LogP contribution in [0.2, 0.25) is 0 Å². The Bertz CT molecular complexity index is 571. The van der Waals surface area contributed by atoms with Gasteiger partial charge in [-0.05, 0) is 51.8 Å². The number of halogens is 1. The van der Waals surface area contributed by atoms with Crippen molar-refractivity contribution in [1.29, 1.82) is 0 Å². The van der Waals surface area contributed by atoms with Crippen LogP contribution in [0.1, 0.15) is 45.2 Å². The van der Waals surface area contributed by atoms with Crippen molar-refractivity contribution in [1.82, 2.24) is 10.2 Å². The van der Waals surface area contributed by atoms with Crippen molar-refractivity contribution in [3.05, 3.63) is 29.6 Å². The molecule has 24 heavy (non-hydrogen) atoms. The third kappa shape index (κ3) is 4.38. The van der Waals surface area contributed by atoms with Crippen molar-refractivity contribution < 1.29 is 14.3 Å². The van der Waals surface area contributed by atoms with Crippen molar-refractivity contribution in [2.24, 2.45) is 0 Å². The molecule has 1 unspecified atom stereocenters. The van der Waals surface area contributed by atoms with E-state index in [1.165, 1.54) is 12.1 Å². The Kier molecular flexibility index (Phi) is 6.04. The van der Waals surface area contributed by atoms with E-state index in [2.05, 4.69) is 10.2 Å². The van der Waals surface area contributed by atoms with Crippen LogP contribution in [-0.2, 0) is 0 Å². The number of carbonyl (C=O) groups is 1. The molecule has 0 radical (unpaired) electrons. The van der Waals surface area contributed by atoms with Gasteiger partial charge in [0.1, 0.15) is 5.82 Å². The molecule has 2 rings (SSSR count). The summed E-state index contributed by atoms with van der Waals surface area (Å²) < 4.78 is 13.8. The number of amides is 2. The highest BCUT2D eigenvalue weighted by Gasteiger charge is 2.23. The van der Waals surface area contributed by atoms with E-state index in [-0.39, 0.29) is 30.0 Å². The van der Waals surface area contributed by atoms with Crippen LogP contribution in [0.25, 0.3) is 0 Å². The van der Waals surface area contributed by atoms with Crippen LogP contribution in [0.5, 0.6) is 0 Å². The Hall–Kier alpha value is -1.82. The molecule has 134 valence electrons. The molecular formula is C18H28FN3O2. The fraction of sp³-hybridized carbons (Fsp3) is 0.611. The standard InChI is InChI=1S/C18H28FN3O2/c1-12(2)21(4)18(24)20-13(3)16-11-14(19)5-6-17(16)22-9-7-15(23)8-10-22/h5-6,11-13,15,23H,7-10H2,1-4H3,(H,20,24). The van der Waals surface area contributed by atoms with E-state index >= 15 is 0 Å². The summed E-state index contributed by atoms with van der Waals surface area (Å²) in [5.74, 6) is -0.316. The number of nitrogens with one attached hydrogen (secondary N) is 1. The molecule has 1 heterocycles. The Morgan fingerprint density at radius 1 is 1.33 bits per heavy atom. The smallest absolute Gasteiger partial charge is 0.317 e. The van der Waals surface area contributed by atoms with Gasteiger partial charge in [0.2, 0.25) is 0 Å². The molecule has 0 bridgehead atoms. The third-order valence-corrected chi connectivity index (χ3v) is 4.70. The maximum Gasteiger partial charge on any atom is 0.317 e. The highest BCUT2D eigenvalue weighted by molar-refractivity contribution is 5.75. The topological polar surface area (TPSA) is 55.8 Å². The molecule has 1 saturated heterocycles. The van der Waals surface area contributed by atoms with E-state index in [0.29, 0.717) is 12.8 Å². The lowest BCUT2D eigenvalue weighted by Crippen LogP contribution is -2.42. The SMILES string of the molecule is CC(NC(=O)N(C)C(C)C)c1cc(F)ccc1N1CCC(O)CC1. The van der Waals surface area contributed by atoms with E-state index in [9.17, 15) is 14.3 Å². The molecule has 1 aromatic rings. The van der Waals surface area contributed by atoms with E-state index in [4.69, 9.17) is 0 Å².